The Morgan fingerprint density at radius 2 is 1.77 bits per heavy atom. The number of urea groups is 1. The number of nitrogens with zero attached hydrogens (tertiary/aromatic N) is 4. The first-order chi connectivity index (χ1) is 14.5. The van der Waals surface area contributed by atoms with Crippen LogP contribution in [0, 0.1) is 0 Å². The summed E-state index contributed by atoms with van der Waals surface area (Å²) in [5.74, 6) is 2.12. The Kier molecular flexibility index (Phi) is 5.33. The third-order valence-corrected chi connectivity index (χ3v) is 4.85. The molecular weight excluding hydrogens is 408 g/mol. The number of hydrogen-bond acceptors (Lipinski definition) is 6. The van der Waals surface area contributed by atoms with Crippen molar-refractivity contribution in [1.29, 1.82) is 0 Å². The molecule has 0 unspecified atom stereocenters. The molecule has 2 aromatic carbocycles. The lowest BCUT2D eigenvalue weighted by atomic mass is 10.1. The summed E-state index contributed by atoms with van der Waals surface area (Å²) in [6.45, 7) is 0.281. The minimum Gasteiger partial charge on any atom is -0.493 e. The number of ether oxygens (including phenoxy) is 3. The van der Waals surface area contributed by atoms with Crippen molar-refractivity contribution >= 4 is 29.3 Å². The van der Waals surface area contributed by atoms with Crippen molar-refractivity contribution in [2.45, 2.75) is 6.54 Å². The molecule has 0 fully saturated rings. The zero-order valence-corrected chi connectivity index (χ0v) is 17.3. The van der Waals surface area contributed by atoms with Crippen LogP contribution in [-0.2, 0) is 6.54 Å². The van der Waals surface area contributed by atoms with Gasteiger partial charge in [-0.2, -0.15) is 5.32 Å². The Bertz CT molecular complexity index is 1100. The van der Waals surface area contributed by atoms with Crippen LogP contribution < -0.4 is 24.4 Å². The zero-order chi connectivity index (χ0) is 21.3. The highest BCUT2D eigenvalue weighted by Crippen LogP contribution is 2.41. The third kappa shape index (κ3) is 3.57. The van der Waals surface area contributed by atoms with Crippen molar-refractivity contribution < 1.29 is 19.0 Å². The van der Waals surface area contributed by atoms with Crippen molar-refractivity contribution in [3.8, 4) is 28.5 Å². The van der Waals surface area contributed by atoms with Gasteiger partial charge in [-0.3, -0.25) is 4.90 Å². The summed E-state index contributed by atoms with van der Waals surface area (Å²) in [4.78, 5) is 22.9. The molecule has 9 heteroatoms. The summed E-state index contributed by atoms with van der Waals surface area (Å²) in [5, 5.41) is 4.58. The predicted octanol–water partition coefficient (Wildman–Crippen LogP) is 4.20. The van der Waals surface area contributed by atoms with Gasteiger partial charge in [-0.15, -0.1) is 0 Å². The Morgan fingerprint density at radius 1 is 1.03 bits per heavy atom. The maximum Gasteiger partial charge on any atom is 0.351 e. The van der Waals surface area contributed by atoms with Crippen molar-refractivity contribution in [2.75, 3.05) is 26.2 Å². The lowest BCUT2D eigenvalue weighted by molar-refractivity contribution is 0.250. The molecule has 1 aliphatic rings. The number of halogens is 1. The SMILES string of the molecule is COc1cc(-c2cnc3c(n2)N(Cc2cccc(Cl)c2)C(=O)[N]3)cc(OC)c1OC. The van der Waals surface area contributed by atoms with Gasteiger partial charge in [0.2, 0.25) is 11.6 Å². The first-order valence-electron chi connectivity index (χ1n) is 8.99. The molecule has 3 aromatic rings. The van der Waals surface area contributed by atoms with E-state index in [0.717, 1.165) is 5.56 Å². The zero-order valence-electron chi connectivity index (χ0n) is 16.5. The van der Waals surface area contributed by atoms with Gasteiger partial charge in [0, 0.05) is 10.6 Å². The van der Waals surface area contributed by atoms with E-state index in [-0.39, 0.29) is 12.4 Å². The van der Waals surface area contributed by atoms with Crippen molar-refractivity contribution in [3.05, 3.63) is 53.2 Å². The molecule has 0 atom stereocenters. The predicted molar refractivity (Wildman–Crippen MR) is 112 cm³/mol. The van der Waals surface area contributed by atoms with E-state index in [4.69, 9.17) is 25.8 Å². The second-order valence-electron chi connectivity index (χ2n) is 6.43. The van der Waals surface area contributed by atoms with Crippen LogP contribution in [0.3, 0.4) is 0 Å². The number of hydrogen-bond donors (Lipinski definition) is 0. The minimum atomic E-state index is -0.424. The first-order valence-corrected chi connectivity index (χ1v) is 9.37. The van der Waals surface area contributed by atoms with Gasteiger partial charge in [0.05, 0.1) is 39.8 Å². The molecule has 0 spiro atoms. The summed E-state index contributed by atoms with van der Waals surface area (Å²) in [7, 11) is 4.62. The second kappa shape index (κ2) is 8.08. The van der Waals surface area contributed by atoms with E-state index >= 15 is 0 Å². The number of rotatable bonds is 6. The number of carbonyl (C=O) groups is 1. The van der Waals surface area contributed by atoms with Gasteiger partial charge in [0.25, 0.3) is 0 Å². The standard InChI is InChI=1S/C21H18ClN4O4/c1-28-16-8-13(9-17(29-2)18(16)30-3)15-10-23-19-20(24-15)26(21(27)25-19)11-12-5-4-6-14(22)7-12/h4-10H,11H2,1-3H3. The number of fused-ring (bicyclic) bond motifs is 1. The molecule has 8 nitrogen and oxygen atoms in total. The average molecular weight is 426 g/mol. The largest absolute Gasteiger partial charge is 0.493 e. The number of aromatic nitrogens is 2. The van der Waals surface area contributed by atoms with Crippen molar-refractivity contribution in [3.63, 3.8) is 0 Å². The normalized spacial score (nSPS) is 12.4. The fourth-order valence-electron chi connectivity index (χ4n) is 3.20. The molecule has 0 N–H and O–H groups in total. The van der Waals surface area contributed by atoms with Gasteiger partial charge in [-0.1, -0.05) is 23.7 Å². The molecule has 1 aliphatic heterocycles. The maximum atomic E-state index is 12.4. The molecule has 1 radical (unpaired) electrons. The Hall–Kier alpha value is -3.52. The van der Waals surface area contributed by atoms with E-state index in [1.807, 2.05) is 12.1 Å². The van der Waals surface area contributed by atoms with E-state index in [2.05, 4.69) is 15.3 Å². The molecule has 0 saturated heterocycles. The monoisotopic (exact) mass is 425 g/mol. The minimum absolute atomic E-state index is 0.276. The smallest absolute Gasteiger partial charge is 0.351 e. The summed E-state index contributed by atoms with van der Waals surface area (Å²) in [6, 6.07) is 10.4. The molecule has 0 saturated carbocycles. The number of methoxy groups -OCH3 is 3. The highest BCUT2D eigenvalue weighted by Gasteiger charge is 2.32. The van der Waals surface area contributed by atoms with Crippen LogP contribution in [0.5, 0.6) is 17.2 Å². The van der Waals surface area contributed by atoms with Gasteiger partial charge in [-0.05, 0) is 29.8 Å². The number of carbonyl (C=O) groups excluding carboxylic acids is 1. The molecule has 30 heavy (non-hydrogen) atoms. The van der Waals surface area contributed by atoms with E-state index in [0.29, 0.717) is 39.3 Å². The van der Waals surface area contributed by atoms with E-state index in [1.54, 1.807) is 44.7 Å². The van der Waals surface area contributed by atoms with Gasteiger partial charge in [0.15, 0.2) is 17.3 Å². The summed E-state index contributed by atoms with van der Waals surface area (Å²) in [6.07, 6.45) is 1.55. The van der Waals surface area contributed by atoms with Gasteiger partial charge < -0.3 is 14.2 Å². The van der Waals surface area contributed by atoms with Crippen LogP contribution in [-0.4, -0.2) is 37.3 Å². The van der Waals surface area contributed by atoms with Gasteiger partial charge >= 0.3 is 6.03 Å². The molecule has 1 aromatic heterocycles. The summed E-state index contributed by atoms with van der Waals surface area (Å²) < 4.78 is 16.2. The second-order valence-corrected chi connectivity index (χ2v) is 6.86. The van der Waals surface area contributed by atoms with Crippen molar-refractivity contribution in [2.24, 2.45) is 0 Å². The highest BCUT2D eigenvalue weighted by molar-refractivity contribution is 6.30. The fourth-order valence-corrected chi connectivity index (χ4v) is 3.42. The van der Waals surface area contributed by atoms with Crippen LogP contribution in [0.25, 0.3) is 11.3 Å². The quantitative estimate of drug-likeness (QED) is 0.588. The van der Waals surface area contributed by atoms with Crippen molar-refractivity contribution in [1.82, 2.24) is 15.3 Å². The van der Waals surface area contributed by atoms with Crippen LogP contribution >= 0.6 is 11.6 Å². The Morgan fingerprint density at radius 3 is 2.40 bits per heavy atom. The van der Waals surface area contributed by atoms with E-state index in [9.17, 15) is 4.79 Å². The molecule has 2 amide bonds. The topological polar surface area (TPSA) is 87.9 Å². The van der Waals surface area contributed by atoms with E-state index in [1.165, 1.54) is 12.0 Å². The molecular formula is C21H18ClN4O4. The molecule has 153 valence electrons. The first kappa shape index (κ1) is 19.8. The van der Waals surface area contributed by atoms with Crippen LogP contribution in [0.1, 0.15) is 5.56 Å². The molecule has 4 rings (SSSR count). The van der Waals surface area contributed by atoms with Gasteiger partial charge in [-0.25, -0.2) is 14.8 Å². The van der Waals surface area contributed by atoms with Crippen LogP contribution in [0.4, 0.5) is 16.4 Å². The average Bonchev–Trinajstić information content (AvgIpc) is 3.07. The fraction of sp³-hybridized carbons (Fsp3) is 0.190. The molecule has 0 bridgehead atoms. The van der Waals surface area contributed by atoms with Crippen LogP contribution in [0.15, 0.2) is 42.6 Å². The molecule has 2 heterocycles. The van der Waals surface area contributed by atoms with E-state index < -0.39 is 6.03 Å². The third-order valence-electron chi connectivity index (χ3n) is 4.61. The summed E-state index contributed by atoms with van der Waals surface area (Å²) >= 11 is 6.07. The van der Waals surface area contributed by atoms with Gasteiger partial charge in [0.1, 0.15) is 0 Å². The highest BCUT2D eigenvalue weighted by atomic mass is 35.5. The summed E-state index contributed by atoms with van der Waals surface area (Å²) in [5.41, 5.74) is 2.09. The lowest BCUT2D eigenvalue weighted by Crippen LogP contribution is -2.28. The Balaban J connectivity index is 1.74. The Labute approximate surface area is 178 Å². The maximum absolute atomic E-state index is 12.4. The van der Waals surface area contributed by atoms with Crippen LogP contribution in [0.2, 0.25) is 5.02 Å². The number of benzene rings is 2. The number of amides is 2. The lowest BCUT2D eigenvalue weighted by Gasteiger charge is -2.16. The number of anilines is 1. The molecule has 0 aliphatic carbocycles.